The summed E-state index contributed by atoms with van der Waals surface area (Å²) < 4.78 is 0. The van der Waals surface area contributed by atoms with Crippen molar-refractivity contribution in [3.8, 4) is 0 Å². The van der Waals surface area contributed by atoms with Crippen molar-refractivity contribution in [3.63, 3.8) is 0 Å². The minimum Gasteiger partial charge on any atom is -0.346 e. The number of fused-ring (bicyclic) bond motifs is 2. The molecule has 0 spiro atoms. The highest BCUT2D eigenvalue weighted by Crippen LogP contribution is 2.27. The lowest BCUT2D eigenvalue weighted by molar-refractivity contribution is -0.126. The van der Waals surface area contributed by atoms with Crippen LogP contribution >= 0.6 is 12.4 Å². The maximum Gasteiger partial charge on any atom is 0.246 e. The molecule has 1 aromatic carbocycles. The average Bonchev–Trinajstić information content (AvgIpc) is 3.23. The van der Waals surface area contributed by atoms with Gasteiger partial charge in [-0.3, -0.25) is 15.0 Å². The molecule has 0 bridgehead atoms. The molecule has 3 atom stereocenters. The Balaban J connectivity index is 0.00000182. The summed E-state index contributed by atoms with van der Waals surface area (Å²) in [5, 5.41) is 6.13. The number of hydrogen-bond donors (Lipinski definition) is 4. The van der Waals surface area contributed by atoms with Gasteiger partial charge in [0.15, 0.2) is 0 Å². The van der Waals surface area contributed by atoms with Crippen molar-refractivity contribution in [2.45, 2.75) is 24.9 Å². The summed E-state index contributed by atoms with van der Waals surface area (Å²) in [6, 6.07) is 7.97. The smallest absolute Gasteiger partial charge is 0.246 e. The van der Waals surface area contributed by atoms with Gasteiger partial charge in [0.2, 0.25) is 11.8 Å². The summed E-state index contributed by atoms with van der Waals surface area (Å²) >= 11 is 0. The molecule has 2 amide bonds. The number of halogens is 1. The predicted molar refractivity (Wildman–Crippen MR) is 97.6 cm³/mol. The Labute approximate surface area is 153 Å². The molecule has 0 aliphatic carbocycles. The number of para-hydroxylation sites is 1. The van der Waals surface area contributed by atoms with Crippen molar-refractivity contribution in [1.82, 2.24) is 21.5 Å². The number of carbonyl (C=O) groups is 2. The minimum absolute atomic E-state index is 0. The van der Waals surface area contributed by atoms with E-state index in [9.17, 15) is 9.59 Å². The van der Waals surface area contributed by atoms with Gasteiger partial charge in [-0.05, 0) is 31.0 Å². The second kappa shape index (κ2) is 7.70. The summed E-state index contributed by atoms with van der Waals surface area (Å²) in [6.07, 6.45) is 1.88. The van der Waals surface area contributed by atoms with Crippen LogP contribution in [0.15, 0.2) is 24.3 Å². The van der Waals surface area contributed by atoms with Gasteiger partial charge in [0, 0.05) is 30.7 Å². The average molecular weight is 366 g/mol. The molecule has 7 nitrogen and oxygen atoms in total. The summed E-state index contributed by atoms with van der Waals surface area (Å²) in [5.41, 5.74) is 8.44. The molecule has 4 rings (SSSR count). The van der Waals surface area contributed by atoms with Crippen molar-refractivity contribution < 1.29 is 9.59 Å². The molecule has 3 heterocycles. The number of carbonyl (C=O) groups excluding carboxylic acids is 2. The van der Waals surface area contributed by atoms with E-state index in [2.05, 4.69) is 21.5 Å². The van der Waals surface area contributed by atoms with E-state index in [1.807, 2.05) is 24.3 Å². The van der Waals surface area contributed by atoms with E-state index >= 15 is 0 Å². The first kappa shape index (κ1) is 18.1. The Bertz CT molecular complexity index is 656. The van der Waals surface area contributed by atoms with Gasteiger partial charge >= 0.3 is 0 Å². The fraction of sp³-hybridized carbons (Fsp3) is 0.529. The summed E-state index contributed by atoms with van der Waals surface area (Å²) in [7, 11) is 0. The lowest BCUT2D eigenvalue weighted by atomic mass is 9.89. The minimum atomic E-state index is -0.290. The molecule has 0 aromatic heterocycles. The monoisotopic (exact) mass is 365 g/mol. The van der Waals surface area contributed by atoms with Gasteiger partial charge in [-0.1, -0.05) is 18.2 Å². The van der Waals surface area contributed by atoms with Crippen molar-refractivity contribution in [2.75, 3.05) is 31.1 Å². The van der Waals surface area contributed by atoms with Crippen molar-refractivity contribution in [2.24, 2.45) is 5.92 Å². The predicted octanol–water partition coefficient (Wildman–Crippen LogP) is -0.432. The third-order valence-corrected chi connectivity index (χ3v) is 5.27. The van der Waals surface area contributed by atoms with Gasteiger partial charge in [0.25, 0.3) is 0 Å². The van der Waals surface area contributed by atoms with Crippen LogP contribution in [0.4, 0.5) is 5.69 Å². The Morgan fingerprint density at radius 1 is 1.24 bits per heavy atom. The molecule has 3 aliphatic rings. The Kier molecular flexibility index (Phi) is 5.58. The molecule has 8 heteroatoms. The van der Waals surface area contributed by atoms with Crippen LogP contribution in [0.5, 0.6) is 0 Å². The van der Waals surface area contributed by atoms with E-state index in [1.54, 1.807) is 4.90 Å². The molecular formula is C17H24ClN5O2. The SMILES string of the molecule is Cl.O=C(NCC(=O)N1CCc2ccccc21)C1NNC2CCNCC21. The molecule has 2 fully saturated rings. The maximum atomic E-state index is 12.5. The fourth-order valence-electron chi connectivity index (χ4n) is 3.94. The van der Waals surface area contributed by atoms with Crippen LogP contribution in [0.3, 0.4) is 0 Å². The molecule has 25 heavy (non-hydrogen) atoms. The highest BCUT2D eigenvalue weighted by molar-refractivity contribution is 5.98. The number of hydrogen-bond acceptors (Lipinski definition) is 5. The number of anilines is 1. The van der Waals surface area contributed by atoms with Gasteiger partial charge in [-0.25, -0.2) is 5.43 Å². The number of nitrogens with one attached hydrogen (secondary N) is 4. The zero-order valence-corrected chi connectivity index (χ0v) is 14.8. The molecule has 3 aliphatic heterocycles. The first-order chi connectivity index (χ1) is 11.7. The largest absolute Gasteiger partial charge is 0.346 e. The molecular weight excluding hydrogens is 342 g/mol. The first-order valence-corrected chi connectivity index (χ1v) is 8.62. The van der Waals surface area contributed by atoms with Crippen LogP contribution < -0.4 is 26.4 Å². The van der Waals surface area contributed by atoms with Crippen LogP contribution in [0, 0.1) is 5.92 Å². The lowest BCUT2D eigenvalue weighted by Crippen LogP contribution is -2.51. The Morgan fingerprint density at radius 3 is 2.96 bits per heavy atom. The number of piperidine rings is 1. The van der Waals surface area contributed by atoms with E-state index < -0.39 is 0 Å². The van der Waals surface area contributed by atoms with Crippen molar-refractivity contribution in [1.29, 1.82) is 0 Å². The van der Waals surface area contributed by atoms with Crippen molar-refractivity contribution in [3.05, 3.63) is 29.8 Å². The van der Waals surface area contributed by atoms with E-state index in [4.69, 9.17) is 0 Å². The Hall–Kier alpha value is -1.67. The van der Waals surface area contributed by atoms with Gasteiger partial charge in [0.1, 0.15) is 6.04 Å². The highest BCUT2D eigenvalue weighted by atomic mass is 35.5. The third-order valence-electron chi connectivity index (χ3n) is 5.27. The van der Waals surface area contributed by atoms with E-state index in [0.717, 1.165) is 31.6 Å². The standard InChI is InChI=1S/C17H23N5O2.ClH/c23-15(22-8-6-11-3-1-2-4-14(11)22)10-19-17(24)16-12-9-18-7-5-13(12)20-21-16;/h1-4,12-13,16,18,20-21H,5-10H2,(H,19,24);1H. The molecule has 3 unspecified atom stereocenters. The summed E-state index contributed by atoms with van der Waals surface area (Å²) in [5.74, 6) is 0.0541. The number of rotatable bonds is 3. The summed E-state index contributed by atoms with van der Waals surface area (Å²) in [4.78, 5) is 26.7. The number of benzene rings is 1. The molecule has 0 radical (unpaired) electrons. The van der Waals surface area contributed by atoms with Gasteiger partial charge in [0.05, 0.1) is 6.54 Å². The molecule has 4 N–H and O–H groups in total. The van der Waals surface area contributed by atoms with E-state index in [1.165, 1.54) is 5.56 Å². The van der Waals surface area contributed by atoms with Gasteiger partial charge < -0.3 is 15.5 Å². The summed E-state index contributed by atoms with van der Waals surface area (Å²) in [6.45, 7) is 2.51. The van der Waals surface area contributed by atoms with Crippen LogP contribution in [0.1, 0.15) is 12.0 Å². The van der Waals surface area contributed by atoms with Crippen LogP contribution in [-0.2, 0) is 16.0 Å². The fourth-order valence-corrected chi connectivity index (χ4v) is 3.94. The Morgan fingerprint density at radius 2 is 2.08 bits per heavy atom. The quantitative estimate of drug-likeness (QED) is 0.584. The maximum absolute atomic E-state index is 12.5. The van der Waals surface area contributed by atoms with Gasteiger partial charge in [-0.2, -0.15) is 0 Å². The first-order valence-electron chi connectivity index (χ1n) is 8.62. The molecule has 0 saturated carbocycles. The van der Waals surface area contributed by atoms with Crippen LogP contribution in [-0.4, -0.2) is 50.1 Å². The van der Waals surface area contributed by atoms with Crippen molar-refractivity contribution >= 4 is 29.9 Å². The lowest BCUT2D eigenvalue weighted by Gasteiger charge is -2.27. The third kappa shape index (κ3) is 3.50. The zero-order chi connectivity index (χ0) is 16.5. The number of nitrogens with zero attached hydrogens (tertiary/aromatic N) is 1. The molecule has 1 aromatic rings. The molecule has 136 valence electrons. The number of hydrazine groups is 1. The molecule has 2 saturated heterocycles. The van der Waals surface area contributed by atoms with Crippen LogP contribution in [0.25, 0.3) is 0 Å². The zero-order valence-electron chi connectivity index (χ0n) is 14.0. The van der Waals surface area contributed by atoms with Crippen LogP contribution in [0.2, 0.25) is 0 Å². The second-order valence-corrected chi connectivity index (χ2v) is 6.67. The highest BCUT2D eigenvalue weighted by Gasteiger charge is 2.41. The topological polar surface area (TPSA) is 85.5 Å². The van der Waals surface area contributed by atoms with E-state index in [0.29, 0.717) is 12.6 Å². The second-order valence-electron chi connectivity index (χ2n) is 6.67. The van der Waals surface area contributed by atoms with Gasteiger partial charge in [-0.15, -0.1) is 12.4 Å². The normalized spacial score (nSPS) is 27.2. The van der Waals surface area contributed by atoms with E-state index in [-0.39, 0.29) is 42.7 Å². The number of amides is 2.